The van der Waals surface area contributed by atoms with Crippen molar-refractivity contribution >= 4 is 0 Å². The van der Waals surface area contributed by atoms with Gasteiger partial charge in [0.25, 0.3) is 0 Å². The highest BCUT2D eigenvalue weighted by molar-refractivity contribution is 5.08. The Kier molecular flexibility index (Phi) is 3.98. The molecule has 0 spiro atoms. The van der Waals surface area contributed by atoms with E-state index >= 15 is 0 Å². The molecular weight excluding hydrogens is 222 g/mol. The normalized spacial score (nSPS) is 27.8. The summed E-state index contributed by atoms with van der Waals surface area (Å²) >= 11 is 0. The number of hydrogen-bond donors (Lipinski definition) is 0. The lowest BCUT2D eigenvalue weighted by Gasteiger charge is -2.54. The van der Waals surface area contributed by atoms with Gasteiger partial charge >= 0.3 is 0 Å². The van der Waals surface area contributed by atoms with Crippen LogP contribution < -0.4 is 0 Å². The van der Waals surface area contributed by atoms with Crippen LogP contribution in [0.4, 0.5) is 0 Å². The van der Waals surface area contributed by atoms with Gasteiger partial charge in [-0.3, -0.25) is 4.90 Å². The summed E-state index contributed by atoms with van der Waals surface area (Å²) in [6, 6.07) is 0. The molecule has 108 valence electrons. The molecule has 0 aromatic heterocycles. The fourth-order valence-corrected chi connectivity index (χ4v) is 3.54. The molecule has 2 heteroatoms. The van der Waals surface area contributed by atoms with Gasteiger partial charge in [0.1, 0.15) is 0 Å². The first-order valence-corrected chi connectivity index (χ1v) is 7.28. The van der Waals surface area contributed by atoms with E-state index in [-0.39, 0.29) is 22.3 Å². The van der Waals surface area contributed by atoms with Gasteiger partial charge in [0, 0.05) is 11.1 Å². The third-order valence-electron chi connectivity index (χ3n) is 4.31. The predicted octanol–water partition coefficient (Wildman–Crippen LogP) is 4.23. The van der Waals surface area contributed by atoms with E-state index in [1.165, 1.54) is 19.4 Å². The van der Waals surface area contributed by atoms with Crippen molar-refractivity contribution < 1.29 is 4.74 Å². The molecule has 0 radical (unpaired) electrons. The summed E-state index contributed by atoms with van der Waals surface area (Å²) in [4.78, 5) is 2.63. The minimum atomic E-state index is -0.144. The molecule has 1 aliphatic heterocycles. The molecule has 1 fully saturated rings. The molecule has 0 amide bonds. The summed E-state index contributed by atoms with van der Waals surface area (Å²) in [6.07, 6.45) is 2.48. The molecule has 2 nitrogen and oxygen atoms in total. The van der Waals surface area contributed by atoms with Gasteiger partial charge in [0.15, 0.2) is 0 Å². The summed E-state index contributed by atoms with van der Waals surface area (Å²) in [6.45, 7) is 21.4. The average Bonchev–Trinajstić information content (AvgIpc) is 2.43. The van der Waals surface area contributed by atoms with Crippen molar-refractivity contribution in [2.75, 3.05) is 6.54 Å². The molecule has 0 aromatic rings. The Balaban J connectivity index is 3.04. The molecule has 1 aliphatic rings. The number of hydrogen-bond acceptors (Lipinski definition) is 2. The second-order valence-corrected chi connectivity index (χ2v) is 8.42. The molecule has 0 aliphatic carbocycles. The lowest BCUT2D eigenvalue weighted by molar-refractivity contribution is -0.185. The zero-order valence-corrected chi connectivity index (χ0v) is 14.0. The Morgan fingerprint density at radius 3 is 1.83 bits per heavy atom. The smallest absolute Gasteiger partial charge is 0.0813 e. The van der Waals surface area contributed by atoms with Gasteiger partial charge in [-0.15, -0.1) is 0 Å². The first kappa shape index (κ1) is 16.0. The van der Waals surface area contributed by atoms with E-state index in [0.29, 0.717) is 0 Å². The van der Waals surface area contributed by atoms with Crippen molar-refractivity contribution in [3.63, 3.8) is 0 Å². The van der Waals surface area contributed by atoms with Crippen LogP contribution in [0.25, 0.3) is 0 Å². The molecule has 0 aromatic carbocycles. The quantitative estimate of drug-likeness (QED) is 0.732. The third kappa shape index (κ3) is 3.08. The highest BCUT2D eigenvalue weighted by Gasteiger charge is 2.53. The molecule has 0 unspecified atom stereocenters. The van der Waals surface area contributed by atoms with Gasteiger partial charge < -0.3 is 4.74 Å². The second kappa shape index (κ2) is 4.49. The largest absolute Gasteiger partial charge is 0.368 e. The Labute approximate surface area is 114 Å². The van der Waals surface area contributed by atoms with E-state index < -0.39 is 0 Å². The number of nitrogens with zero attached hydrogens (tertiary/aromatic N) is 1. The zero-order valence-electron chi connectivity index (χ0n) is 14.0. The standard InChI is InChI=1S/C16H33NO/c1-13(2,3)17-12-10-11-16(17,9)15(7,8)18-14(4,5)6/h10-12H2,1-9H3/t16-/m0/s1. The highest BCUT2D eigenvalue weighted by atomic mass is 16.5. The SMILES string of the molecule is CC(C)(C)OC(C)(C)[C@]1(C)CCCN1C(C)(C)C. The molecule has 1 atom stereocenters. The van der Waals surface area contributed by atoms with E-state index in [1.807, 2.05) is 0 Å². The van der Waals surface area contributed by atoms with E-state index in [1.54, 1.807) is 0 Å². The van der Waals surface area contributed by atoms with Gasteiger partial charge in [-0.25, -0.2) is 0 Å². The van der Waals surface area contributed by atoms with E-state index in [4.69, 9.17) is 4.74 Å². The summed E-state index contributed by atoms with van der Waals surface area (Å²) in [5, 5.41) is 0. The van der Waals surface area contributed by atoms with Crippen molar-refractivity contribution in [3.8, 4) is 0 Å². The molecular formula is C16H33NO. The molecule has 0 bridgehead atoms. The van der Waals surface area contributed by atoms with Crippen LogP contribution >= 0.6 is 0 Å². The Morgan fingerprint density at radius 1 is 0.944 bits per heavy atom. The first-order chi connectivity index (χ1) is 7.80. The van der Waals surface area contributed by atoms with Crippen molar-refractivity contribution in [2.45, 2.75) is 97.4 Å². The van der Waals surface area contributed by atoms with E-state index in [9.17, 15) is 0 Å². The Morgan fingerprint density at radius 2 is 1.44 bits per heavy atom. The number of rotatable bonds is 2. The van der Waals surface area contributed by atoms with Crippen LogP contribution in [0.15, 0.2) is 0 Å². The van der Waals surface area contributed by atoms with Crippen molar-refractivity contribution in [1.82, 2.24) is 4.90 Å². The molecule has 1 saturated heterocycles. The first-order valence-electron chi connectivity index (χ1n) is 7.28. The minimum Gasteiger partial charge on any atom is -0.368 e. The molecule has 1 rings (SSSR count). The van der Waals surface area contributed by atoms with E-state index in [2.05, 4.69) is 67.2 Å². The molecule has 1 heterocycles. The van der Waals surface area contributed by atoms with Crippen LogP contribution in [0.5, 0.6) is 0 Å². The summed E-state index contributed by atoms with van der Waals surface area (Å²) < 4.78 is 6.40. The van der Waals surface area contributed by atoms with Gasteiger partial charge in [0.05, 0.1) is 11.2 Å². The van der Waals surface area contributed by atoms with Gasteiger partial charge in [-0.2, -0.15) is 0 Å². The minimum absolute atomic E-state index is 0.0986. The molecule has 0 N–H and O–H groups in total. The maximum atomic E-state index is 6.40. The summed E-state index contributed by atoms with van der Waals surface area (Å²) in [7, 11) is 0. The van der Waals surface area contributed by atoms with Crippen LogP contribution in [0.2, 0.25) is 0 Å². The summed E-state index contributed by atoms with van der Waals surface area (Å²) in [5.74, 6) is 0. The fourth-order valence-electron chi connectivity index (χ4n) is 3.54. The predicted molar refractivity (Wildman–Crippen MR) is 79.0 cm³/mol. The van der Waals surface area contributed by atoms with Crippen LogP contribution in [-0.4, -0.2) is 33.7 Å². The topological polar surface area (TPSA) is 12.5 Å². The fraction of sp³-hybridized carbons (Fsp3) is 1.00. The van der Waals surface area contributed by atoms with E-state index in [0.717, 1.165) is 0 Å². The van der Waals surface area contributed by atoms with Gasteiger partial charge in [-0.05, 0) is 81.7 Å². The highest BCUT2D eigenvalue weighted by Crippen LogP contribution is 2.45. The lowest BCUT2D eigenvalue weighted by Crippen LogP contribution is -2.64. The third-order valence-corrected chi connectivity index (χ3v) is 4.31. The van der Waals surface area contributed by atoms with Crippen LogP contribution in [-0.2, 0) is 4.74 Å². The maximum Gasteiger partial charge on any atom is 0.0813 e. The van der Waals surface area contributed by atoms with Gasteiger partial charge in [0.2, 0.25) is 0 Å². The molecule has 18 heavy (non-hydrogen) atoms. The van der Waals surface area contributed by atoms with Crippen LogP contribution in [0, 0.1) is 0 Å². The van der Waals surface area contributed by atoms with Crippen LogP contribution in [0.3, 0.4) is 0 Å². The summed E-state index contributed by atoms with van der Waals surface area (Å²) in [5.41, 5.74) is 0.0655. The second-order valence-electron chi connectivity index (χ2n) is 8.42. The van der Waals surface area contributed by atoms with Crippen molar-refractivity contribution in [2.24, 2.45) is 0 Å². The zero-order chi connectivity index (χ0) is 14.4. The van der Waals surface area contributed by atoms with Crippen LogP contribution in [0.1, 0.15) is 75.2 Å². The maximum absolute atomic E-state index is 6.40. The number of ether oxygens (including phenoxy) is 1. The average molecular weight is 255 g/mol. The monoisotopic (exact) mass is 255 g/mol. The van der Waals surface area contributed by atoms with Gasteiger partial charge in [-0.1, -0.05) is 0 Å². The van der Waals surface area contributed by atoms with Crippen molar-refractivity contribution in [1.29, 1.82) is 0 Å². The Hall–Kier alpha value is -0.0800. The lowest BCUT2D eigenvalue weighted by atomic mass is 9.79. The Bertz CT molecular complexity index is 295. The molecule has 0 saturated carbocycles. The number of likely N-dealkylation sites (tertiary alicyclic amines) is 1. The van der Waals surface area contributed by atoms with Crippen molar-refractivity contribution in [3.05, 3.63) is 0 Å².